The molecule has 1 aliphatic heterocycles. The van der Waals surface area contributed by atoms with Crippen molar-refractivity contribution in [3.63, 3.8) is 0 Å². The number of fused-ring (bicyclic) bond motifs is 1. The Bertz CT molecular complexity index is 915. The minimum absolute atomic E-state index is 0.102. The molecule has 8 nitrogen and oxygen atoms in total. The van der Waals surface area contributed by atoms with Gasteiger partial charge in [-0.05, 0) is 30.7 Å². The Morgan fingerprint density at radius 1 is 1.35 bits per heavy atom. The standard InChI is InChI=1S/C17H14ClN3O5/c1-10-2-4-12(21(24)25)7-13(10)19-16(22)8-20-9-17(23)26-15-5-3-11(18)6-14(15)20/h2-7H,8-9H2,1H3,(H,19,22). The van der Waals surface area contributed by atoms with Crippen LogP contribution in [0.4, 0.5) is 17.1 Å². The molecule has 3 rings (SSSR count). The summed E-state index contributed by atoms with van der Waals surface area (Å²) in [6.07, 6.45) is 0. The molecule has 1 aliphatic rings. The summed E-state index contributed by atoms with van der Waals surface area (Å²) >= 11 is 5.98. The molecule has 26 heavy (non-hydrogen) atoms. The molecule has 0 unspecified atom stereocenters. The summed E-state index contributed by atoms with van der Waals surface area (Å²) in [7, 11) is 0. The van der Waals surface area contributed by atoms with Crippen molar-refractivity contribution in [2.75, 3.05) is 23.3 Å². The summed E-state index contributed by atoms with van der Waals surface area (Å²) < 4.78 is 5.13. The van der Waals surface area contributed by atoms with Crippen LogP contribution in [0.1, 0.15) is 5.56 Å². The third-order valence-corrected chi connectivity index (χ3v) is 4.08. The lowest BCUT2D eigenvalue weighted by Crippen LogP contribution is -2.41. The van der Waals surface area contributed by atoms with Gasteiger partial charge in [0.15, 0.2) is 5.75 Å². The zero-order valence-corrected chi connectivity index (χ0v) is 14.4. The lowest BCUT2D eigenvalue weighted by molar-refractivity contribution is -0.384. The first-order chi connectivity index (χ1) is 12.3. The highest BCUT2D eigenvalue weighted by Gasteiger charge is 2.26. The molecule has 9 heteroatoms. The fourth-order valence-corrected chi connectivity index (χ4v) is 2.75. The first-order valence-electron chi connectivity index (χ1n) is 7.63. The number of benzene rings is 2. The quantitative estimate of drug-likeness (QED) is 0.381. The van der Waals surface area contributed by atoms with Crippen molar-refractivity contribution in [2.24, 2.45) is 0 Å². The van der Waals surface area contributed by atoms with E-state index in [2.05, 4.69) is 5.32 Å². The lowest BCUT2D eigenvalue weighted by atomic mass is 10.1. The maximum absolute atomic E-state index is 12.4. The number of anilines is 2. The highest BCUT2D eigenvalue weighted by atomic mass is 35.5. The molecule has 0 saturated heterocycles. The van der Waals surface area contributed by atoms with E-state index in [9.17, 15) is 19.7 Å². The van der Waals surface area contributed by atoms with Crippen LogP contribution in [0.25, 0.3) is 0 Å². The maximum atomic E-state index is 12.4. The smallest absolute Gasteiger partial charge is 0.331 e. The average molecular weight is 376 g/mol. The van der Waals surface area contributed by atoms with Crippen LogP contribution in [0.5, 0.6) is 5.75 Å². The predicted octanol–water partition coefficient (Wildman–Crippen LogP) is 2.92. The van der Waals surface area contributed by atoms with E-state index in [0.29, 0.717) is 27.7 Å². The van der Waals surface area contributed by atoms with E-state index in [4.69, 9.17) is 16.3 Å². The number of aryl methyl sites for hydroxylation is 1. The van der Waals surface area contributed by atoms with Gasteiger partial charge in [-0.2, -0.15) is 0 Å². The summed E-state index contributed by atoms with van der Waals surface area (Å²) in [4.78, 5) is 36.0. The van der Waals surface area contributed by atoms with Crippen molar-refractivity contribution in [2.45, 2.75) is 6.92 Å². The van der Waals surface area contributed by atoms with E-state index >= 15 is 0 Å². The molecule has 0 saturated carbocycles. The number of nitro benzene ring substituents is 1. The fourth-order valence-electron chi connectivity index (χ4n) is 2.58. The van der Waals surface area contributed by atoms with Crippen LogP contribution in [0.3, 0.4) is 0 Å². The Labute approximate surface area is 153 Å². The first-order valence-corrected chi connectivity index (χ1v) is 8.01. The van der Waals surface area contributed by atoms with Gasteiger partial charge in [-0.3, -0.25) is 14.9 Å². The molecule has 0 fully saturated rings. The van der Waals surface area contributed by atoms with Gasteiger partial charge in [0.05, 0.1) is 22.8 Å². The van der Waals surface area contributed by atoms with E-state index in [1.165, 1.54) is 17.0 Å². The number of nitrogens with one attached hydrogen (secondary N) is 1. The van der Waals surface area contributed by atoms with Gasteiger partial charge in [0, 0.05) is 17.2 Å². The number of nitrogens with zero attached hydrogens (tertiary/aromatic N) is 2. The number of rotatable bonds is 4. The van der Waals surface area contributed by atoms with E-state index in [-0.39, 0.29) is 18.8 Å². The van der Waals surface area contributed by atoms with Gasteiger partial charge in [0.1, 0.15) is 6.54 Å². The van der Waals surface area contributed by atoms with Crippen LogP contribution >= 0.6 is 11.6 Å². The van der Waals surface area contributed by atoms with Crippen molar-refractivity contribution < 1.29 is 19.2 Å². The number of hydrogen-bond acceptors (Lipinski definition) is 6. The third-order valence-electron chi connectivity index (χ3n) is 3.85. The van der Waals surface area contributed by atoms with Crippen LogP contribution < -0.4 is 15.0 Å². The van der Waals surface area contributed by atoms with Crippen molar-refractivity contribution in [1.29, 1.82) is 0 Å². The Morgan fingerprint density at radius 2 is 2.12 bits per heavy atom. The van der Waals surface area contributed by atoms with Crippen LogP contribution in [0.2, 0.25) is 5.02 Å². The van der Waals surface area contributed by atoms with Gasteiger partial charge >= 0.3 is 5.97 Å². The van der Waals surface area contributed by atoms with Crippen molar-refractivity contribution in [1.82, 2.24) is 0 Å². The highest BCUT2D eigenvalue weighted by Crippen LogP contribution is 2.34. The Hall–Kier alpha value is -3.13. The number of ether oxygens (including phenoxy) is 1. The van der Waals surface area contributed by atoms with Crippen molar-refractivity contribution in [3.8, 4) is 5.75 Å². The second-order valence-corrected chi connectivity index (χ2v) is 6.18. The largest absolute Gasteiger partial charge is 0.423 e. The van der Waals surface area contributed by atoms with Crippen molar-refractivity contribution in [3.05, 3.63) is 57.1 Å². The van der Waals surface area contributed by atoms with Gasteiger partial charge in [0.2, 0.25) is 5.91 Å². The van der Waals surface area contributed by atoms with Crippen LogP contribution in [-0.4, -0.2) is 29.9 Å². The molecular weight excluding hydrogens is 362 g/mol. The van der Waals surface area contributed by atoms with Crippen LogP contribution in [-0.2, 0) is 9.59 Å². The fraction of sp³-hybridized carbons (Fsp3) is 0.176. The van der Waals surface area contributed by atoms with Crippen molar-refractivity contribution >= 4 is 40.5 Å². The summed E-state index contributed by atoms with van der Waals surface area (Å²) in [6.45, 7) is 1.49. The van der Waals surface area contributed by atoms with Crippen LogP contribution in [0.15, 0.2) is 36.4 Å². The zero-order chi connectivity index (χ0) is 18.8. The summed E-state index contributed by atoms with van der Waals surface area (Å²) in [6, 6.07) is 8.97. The molecule has 0 bridgehead atoms. The molecule has 1 heterocycles. The first kappa shape index (κ1) is 17.7. The van der Waals surface area contributed by atoms with Gasteiger partial charge in [-0.25, -0.2) is 4.79 Å². The second kappa shape index (κ2) is 7.01. The Morgan fingerprint density at radius 3 is 2.85 bits per heavy atom. The summed E-state index contributed by atoms with van der Waals surface area (Å²) in [5.41, 5.74) is 1.44. The van der Waals surface area contributed by atoms with E-state index in [1.54, 1.807) is 31.2 Å². The number of non-ortho nitro benzene ring substituents is 1. The minimum Gasteiger partial charge on any atom is -0.423 e. The van der Waals surface area contributed by atoms with Gasteiger partial charge < -0.3 is 15.0 Å². The molecule has 0 atom stereocenters. The Balaban J connectivity index is 1.79. The third kappa shape index (κ3) is 3.75. The molecule has 0 aliphatic carbocycles. The number of nitro groups is 1. The summed E-state index contributed by atoms with van der Waals surface area (Å²) in [5.74, 6) is -0.585. The number of hydrogen-bond donors (Lipinski definition) is 1. The summed E-state index contributed by atoms with van der Waals surface area (Å²) in [5, 5.41) is 14.0. The normalized spacial score (nSPS) is 13.0. The zero-order valence-electron chi connectivity index (χ0n) is 13.7. The number of amides is 1. The second-order valence-electron chi connectivity index (χ2n) is 5.75. The van der Waals surface area contributed by atoms with Gasteiger partial charge in [0.25, 0.3) is 5.69 Å². The Kier molecular flexibility index (Phi) is 4.77. The van der Waals surface area contributed by atoms with Crippen LogP contribution in [0, 0.1) is 17.0 Å². The lowest BCUT2D eigenvalue weighted by Gasteiger charge is -2.29. The molecule has 2 aromatic carbocycles. The molecule has 0 aromatic heterocycles. The number of carbonyl (C=O) groups is 2. The number of carbonyl (C=O) groups excluding carboxylic acids is 2. The predicted molar refractivity (Wildman–Crippen MR) is 95.8 cm³/mol. The monoisotopic (exact) mass is 375 g/mol. The van der Waals surface area contributed by atoms with Gasteiger partial charge in [-0.1, -0.05) is 17.7 Å². The number of halogens is 1. The van der Waals surface area contributed by atoms with E-state index < -0.39 is 16.8 Å². The molecular formula is C17H14ClN3O5. The van der Waals surface area contributed by atoms with E-state index in [1.807, 2.05) is 0 Å². The number of esters is 1. The topological polar surface area (TPSA) is 102 Å². The van der Waals surface area contributed by atoms with Gasteiger partial charge in [-0.15, -0.1) is 0 Å². The molecule has 1 N–H and O–H groups in total. The molecule has 0 spiro atoms. The molecule has 0 radical (unpaired) electrons. The van der Waals surface area contributed by atoms with E-state index in [0.717, 1.165) is 0 Å². The SMILES string of the molecule is Cc1ccc([N+](=O)[O-])cc1NC(=O)CN1CC(=O)Oc2ccc(Cl)cc21. The molecule has 134 valence electrons. The highest BCUT2D eigenvalue weighted by molar-refractivity contribution is 6.31. The minimum atomic E-state index is -0.534. The molecule has 2 aromatic rings. The maximum Gasteiger partial charge on any atom is 0.331 e. The molecule has 1 amide bonds. The average Bonchev–Trinajstić information content (AvgIpc) is 2.57.